The van der Waals surface area contributed by atoms with Crippen LogP contribution >= 0.6 is 0 Å². The summed E-state index contributed by atoms with van der Waals surface area (Å²) in [6.45, 7) is 18.2. The van der Waals surface area contributed by atoms with Gasteiger partial charge in [-0.25, -0.2) is 14.2 Å². The SMILES string of the molecule is C.C.COc1cnc(NC(=O)c2cc(C(=O)NCC(C)OC)c(O)cc2C)c(C)c1.Cc1ccc(CCN2CCN(C(=O)OC(C)(C)C)[C@H](C)C2)cc1F. The number of ether oxygens (including phenoxy) is 3. The summed E-state index contributed by atoms with van der Waals surface area (Å²) in [6, 6.07) is 10.1. The van der Waals surface area contributed by atoms with Gasteiger partial charge in [0.05, 0.1) is 25.0 Å². The first kappa shape index (κ1) is 47.3. The maximum Gasteiger partial charge on any atom is 0.410 e. The lowest BCUT2D eigenvalue weighted by molar-refractivity contribution is 0.00160. The molecule has 1 aromatic heterocycles. The van der Waals surface area contributed by atoms with Gasteiger partial charge < -0.3 is 34.9 Å². The number of nitrogens with one attached hydrogen (secondary N) is 2. The average Bonchev–Trinajstić information content (AvgIpc) is 3.07. The van der Waals surface area contributed by atoms with Crippen LogP contribution in [0.4, 0.5) is 15.0 Å². The minimum absolute atomic E-state index is 0. The van der Waals surface area contributed by atoms with Crippen molar-refractivity contribution in [3.8, 4) is 11.5 Å². The summed E-state index contributed by atoms with van der Waals surface area (Å²) in [5.74, 6) is -0.295. The van der Waals surface area contributed by atoms with Gasteiger partial charge in [-0.05, 0) is 108 Å². The molecule has 3 amide bonds. The Bertz CT molecular complexity index is 1710. The van der Waals surface area contributed by atoms with Gasteiger partial charge in [0.15, 0.2) is 0 Å². The van der Waals surface area contributed by atoms with E-state index in [1.54, 1.807) is 44.7 Å². The normalized spacial score (nSPS) is 14.6. The standard InChI is InChI=1S/C20H25N3O5.C19H29FN2O2.2CH4/c1-11-7-17(24)16(19(25)22-9-13(3)27-4)8-15(11)20(26)23-18-12(2)6-14(28-5)10-21-18;1-14-6-7-16(12-17(14)20)8-9-21-10-11-22(15(2)13-21)18(23)24-19(3,4)5;;/h6-8,10,13,24H,9H2,1-5H3,(H,22,25)(H,21,23,26);6-7,12,15H,8-11,13H2,1-5H3;2*1H4/t;15-;;/m.1../s1. The third kappa shape index (κ3) is 13.9. The van der Waals surface area contributed by atoms with Crippen LogP contribution in [-0.4, -0.2) is 102 Å². The minimum atomic E-state index is -0.491. The number of hydrogen-bond acceptors (Lipinski definition) is 9. The number of aryl methyl sites for hydroxylation is 3. The van der Waals surface area contributed by atoms with E-state index in [4.69, 9.17) is 14.2 Å². The van der Waals surface area contributed by atoms with E-state index in [0.717, 1.165) is 37.2 Å². The van der Waals surface area contributed by atoms with E-state index in [1.807, 2.05) is 39.8 Å². The molecule has 12 nitrogen and oxygen atoms in total. The van der Waals surface area contributed by atoms with Gasteiger partial charge in [-0.3, -0.25) is 14.5 Å². The van der Waals surface area contributed by atoms with Crippen molar-refractivity contribution in [2.24, 2.45) is 0 Å². The number of phenols is 1. The monoisotopic (exact) mass is 755 g/mol. The van der Waals surface area contributed by atoms with Gasteiger partial charge in [0.25, 0.3) is 11.8 Å². The number of carbonyl (C=O) groups excluding carboxylic acids is 3. The third-order valence-corrected chi connectivity index (χ3v) is 8.60. The van der Waals surface area contributed by atoms with Crippen molar-refractivity contribution in [3.05, 3.63) is 81.8 Å². The first-order valence-corrected chi connectivity index (χ1v) is 17.4. The molecule has 4 rings (SSSR count). The van der Waals surface area contributed by atoms with Crippen LogP contribution in [0.1, 0.15) is 92.4 Å². The van der Waals surface area contributed by atoms with Crippen LogP contribution in [0.3, 0.4) is 0 Å². The summed E-state index contributed by atoms with van der Waals surface area (Å²) < 4.78 is 29.3. The topological polar surface area (TPSA) is 143 Å². The van der Waals surface area contributed by atoms with Crippen molar-refractivity contribution in [3.63, 3.8) is 0 Å². The highest BCUT2D eigenvalue weighted by Gasteiger charge is 2.30. The second-order valence-electron chi connectivity index (χ2n) is 14.1. The quantitative estimate of drug-likeness (QED) is 0.194. The highest BCUT2D eigenvalue weighted by Crippen LogP contribution is 2.25. The fourth-order valence-electron chi connectivity index (χ4n) is 5.41. The van der Waals surface area contributed by atoms with Crippen molar-refractivity contribution in [2.75, 3.05) is 52.3 Å². The number of aromatic nitrogens is 1. The number of phenolic OH excluding ortho intramolecular Hbond substituents is 1. The molecule has 300 valence electrons. The molecule has 2 aromatic carbocycles. The van der Waals surface area contributed by atoms with Crippen molar-refractivity contribution >= 4 is 23.7 Å². The largest absolute Gasteiger partial charge is 0.507 e. The Kier molecular flexibility index (Phi) is 18.6. The highest BCUT2D eigenvalue weighted by atomic mass is 19.1. The molecule has 0 spiro atoms. The second-order valence-corrected chi connectivity index (χ2v) is 14.1. The highest BCUT2D eigenvalue weighted by molar-refractivity contribution is 6.07. The lowest BCUT2D eigenvalue weighted by Crippen LogP contribution is -2.55. The van der Waals surface area contributed by atoms with Crippen LogP contribution in [0.5, 0.6) is 11.5 Å². The number of benzene rings is 2. The molecule has 3 N–H and O–H groups in total. The first-order chi connectivity index (χ1) is 24.4. The molecule has 2 atom stereocenters. The summed E-state index contributed by atoms with van der Waals surface area (Å²) >= 11 is 0. The van der Waals surface area contributed by atoms with Gasteiger partial charge >= 0.3 is 6.09 Å². The number of carbonyl (C=O) groups is 3. The van der Waals surface area contributed by atoms with Gasteiger partial charge in [0, 0.05) is 51.4 Å². The van der Waals surface area contributed by atoms with Crippen LogP contribution in [0.2, 0.25) is 0 Å². The predicted octanol–water partition coefficient (Wildman–Crippen LogP) is 7.32. The van der Waals surface area contributed by atoms with Gasteiger partial charge in [-0.2, -0.15) is 0 Å². The van der Waals surface area contributed by atoms with E-state index < -0.39 is 17.4 Å². The van der Waals surface area contributed by atoms with E-state index in [-0.39, 0.29) is 62.3 Å². The molecule has 1 aliphatic heterocycles. The van der Waals surface area contributed by atoms with Crippen molar-refractivity contribution in [1.82, 2.24) is 20.1 Å². The molecular weight excluding hydrogens is 693 g/mol. The molecule has 1 unspecified atom stereocenters. The van der Waals surface area contributed by atoms with Gasteiger partial charge in [0.1, 0.15) is 28.7 Å². The summed E-state index contributed by atoms with van der Waals surface area (Å²) in [5.41, 5.74) is 2.76. The smallest absolute Gasteiger partial charge is 0.410 e. The Morgan fingerprint density at radius 3 is 2.24 bits per heavy atom. The zero-order valence-corrected chi connectivity index (χ0v) is 32.1. The predicted molar refractivity (Wildman–Crippen MR) is 212 cm³/mol. The number of halogens is 1. The maximum atomic E-state index is 13.6. The molecule has 54 heavy (non-hydrogen) atoms. The molecule has 0 radical (unpaired) electrons. The molecule has 0 bridgehead atoms. The summed E-state index contributed by atoms with van der Waals surface area (Å²) in [6.07, 6.45) is 1.90. The molecule has 2 heterocycles. The third-order valence-electron chi connectivity index (χ3n) is 8.60. The molecule has 13 heteroatoms. The molecule has 0 saturated carbocycles. The van der Waals surface area contributed by atoms with Crippen molar-refractivity contribution < 1.29 is 38.1 Å². The Balaban J connectivity index is 0.000000526. The Morgan fingerprint density at radius 2 is 1.67 bits per heavy atom. The van der Waals surface area contributed by atoms with E-state index in [9.17, 15) is 23.9 Å². The first-order valence-electron chi connectivity index (χ1n) is 17.4. The zero-order valence-electron chi connectivity index (χ0n) is 32.1. The number of pyridine rings is 1. The molecule has 1 fully saturated rings. The zero-order chi connectivity index (χ0) is 38.7. The fourth-order valence-corrected chi connectivity index (χ4v) is 5.41. The summed E-state index contributed by atoms with van der Waals surface area (Å²) in [7, 11) is 3.08. The minimum Gasteiger partial charge on any atom is -0.507 e. The van der Waals surface area contributed by atoms with Crippen molar-refractivity contribution in [1.29, 1.82) is 0 Å². The lowest BCUT2D eigenvalue weighted by Gasteiger charge is -2.40. The number of piperazine rings is 1. The molecular formula is C41H62FN5O7. The molecule has 1 aliphatic rings. The van der Waals surface area contributed by atoms with Crippen molar-refractivity contribution in [2.45, 2.75) is 94.4 Å². The molecule has 1 saturated heterocycles. The van der Waals surface area contributed by atoms with E-state index in [2.05, 4.69) is 20.5 Å². The van der Waals surface area contributed by atoms with Crippen LogP contribution < -0.4 is 15.4 Å². The molecule has 3 aromatic rings. The number of nitrogens with zero attached hydrogens (tertiary/aromatic N) is 3. The van der Waals surface area contributed by atoms with E-state index >= 15 is 0 Å². The van der Waals surface area contributed by atoms with Crippen LogP contribution in [0, 0.1) is 26.6 Å². The lowest BCUT2D eigenvalue weighted by atomic mass is 10.0. The Labute approximate surface area is 321 Å². The van der Waals surface area contributed by atoms with Gasteiger partial charge in [-0.1, -0.05) is 27.0 Å². The summed E-state index contributed by atoms with van der Waals surface area (Å²) in [4.78, 5) is 45.6. The Morgan fingerprint density at radius 1 is 0.981 bits per heavy atom. The summed E-state index contributed by atoms with van der Waals surface area (Å²) in [5, 5.41) is 15.5. The number of methoxy groups -OCH3 is 2. The Hall–Kier alpha value is -4.75. The number of amides is 3. The van der Waals surface area contributed by atoms with Gasteiger partial charge in [0.2, 0.25) is 0 Å². The maximum absolute atomic E-state index is 13.6. The van der Waals surface area contributed by atoms with E-state index in [1.165, 1.54) is 32.5 Å². The number of hydrogen-bond donors (Lipinski definition) is 3. The van der Waals surface area contributed by atoms with Crippen LogP contribution in [-0.2, 0) is 15.9 Å². The number of rotatable bonds is 10. The second kappa shape index (κ2) is 21.2. The van der Waals surface area contributed by atoms with Crippen LogP contribution in [0.15, 0.2) is 42.6 Å². The fraction of sp³-hybridized carbons (Fsp3) is 0.512. The van der Waals surface area contributed by atoms with Gasteiger partial charge in [-0.15, -0.1) is 0 Å². The molecule has 0 aliphatic carbocycles. The number of anilines is 1. The number of aromatic hydroxyl groups is 1. The van der Waals surface area contributed by atoms with Crippen LogP contribution in [0.25, 0.3) is 0 Å². The average molecular weight is 756 g/mol. The van der Waals surface area contributed by atoms with E-state index in [0.29, 0.717) is 29.2 Å².